The molecule has 1 N–H and O–H groups in total. The molecule has 0 saturated carbocycles. The van der Waals surface area contributed by atoms with Crippen LogP contribution in [-0.2, 0) is 20.6 Å². The maximum Gasteiger partial charge on any atom is 0.332 e. The predicted molar refractivity (Wildman–Crippen MR) is 103 cm³/mol. The Morgan fingerprint density at radius 2 is 1.92 bits per heavy atom. The Balaban J connectivity index is 2.06. The third kappa shape index (κ3) is 3.06. The fraction of sp³-hybridized carbons (Fsp3) is 0.176. The van der Waals surface area contributed by atoms with Crippen LogP contribution in [-0.4, -0.2) is 24.9 Å². The van der Waals surface area contributed by atoms with Crippen LogP contribution in [0, 0.1) is 0 Å². The topological polar surface area (TPSA) is 86.2 Å². The van der Waals surface area contributed by atoms with Crippen LogP contribution in [0.15, 0.2) is 51.6 Å². The molecule has 0 fully saturated rings. The third-order valence-corrected chi connectivity index (χ3v) is 4.16. The molecule has 3 rings (SSSR count). The highest BCUT2D eigenvalue weighted by molar-refractivity contribution is 6.30. The van der Waals surface area contributed by atoms with E-state index in [0.29, 0.717) is 23.0 Å². The van der Waals surface area contributed by atoms with E-state index in [2.05, 4.69) is 22.1 Å². The van der Waals surface area contributed by atoms with Crippen molar-refractivity contribution in [2.24, 2.45) is 19.2 Å². The molecule has 9 heteroatoms. The van der Waals surface area contributed by atoms with Crippen LogP contribution in [0.4, 0.5) is 5.95 Å². The molecule has 0 aliphatic carbocycles. The minimum atomic E-state index is -0.443. The minimum Gasteiger partial charge on any atom is -0.299 e. The van der Waals surface area contributed by atoms with Gasteiger partial charge in [-0.25, -0.2) is 10.2 Å². The second-order valence-electron chi connectivity index (χ2n) is 5.63. The first kappa shape index (κ1) is 17.7. The van der Waals surface area contributed by atoms with Gasteiger partial charge in [-0.05, 0) is 17.7 Å². The fourth-order valence-electron chi connectivity index (χ4n) is 2.55. The number of rotatable bonds is 5. The number of allylic oxidation sites excluding steroid dienone is 1. The van der Waals surface area contributed by atoms with Crippen molar-refractivity contribution in [3.63, 3.8) is 0 Å². The number of aromatic nitrogens is 4. The van der Waals surface area contributed by atoms with Gasteiger partial charge in [0.15, 0.2) is 11.2 Å². The van der Waals surface area contributed by atoms with E-state index in [0.717, 1.165) is 10.1 Å². The highest BCUT2D eigenvalue weighted by Gasteiger charge is 2.18. The summed E-state index contributed by atoms with van der Waals surface area (Å²) in [6, 6.07) is 7.16. The second-order valence-corrected chi connectivity index (χ2v) is 6.07. The van der Waals surface area contributed by atoms with Crippen molar-refractivity contribution in [2.45, 2.75) is 6.54 Å². The SMILES string of the molecule is C=CCn1c(N/N=C\c2ccc(Cl)cc2)nc2c1c(=O)n(C)c(=O)n2C. The van der Waals surface area contributed by atoms with Gasteiger partial charge in [0.1, 0.15) is 0 Å². The average Bonchev–Trinajstić information content (AvgIpc) is 2.99. The van der Waals surface area contributed by atoms with Crippen molar-refractivity contribution in [1.82, 2.24) is 18.7 Å². The number of hydrazone groups is 1. The Bertz CT molecular complexity index is 1120. The van der Waals surface area contributed by atoms with Crippen LogP contribution in [0.25, 0.3) is 11.2 Å². The number of fused-ring (bicyclic) bond motifs is 1. The van der Waals surface area contributed by atoms with E-state index < -0.39 is 11.2 Å². The normalized spacial score (nSPS) is 11.3. The highest BCUT2D eigenvalue weighted by atomic mass is 35.5. The summed E-state index contributed by atoms with van der Waals surface area (Å²) in [7, 11) is 3.00. The summed E-state index contributed by atoms with van der Waals surface area (Å²) in [6.07, 6.45) is 3.24. The zero-order chi connectivity index (χ0) is 18.8. The Labute approximate surface area is 153 Å². The van der Waals surface area contributed by atoms with Gasteiger partial charge in [-0.2, -0.15) is 10.1 Å². The number of halogens is 1. The van der Waals surface area contributed by atoms with Gasteiger partial charge < -0.3 is 0 Å². The van der Waals surface area contributed by atoms with E-state index in [1.807, 2.05) is 12.1 Å². The van der Waals surface area contributed by atoms with Crippen molar-refractivity contribution in [3.05, 3.63) is 68.3 Å². The number of nitrogens with zero attached hydrogens (tertiary/aromatic N) is 5. The van der Waals surface area contributed by atoms with Crippen molar-refractivity contribution >= 4 is 34.9 Å². The van der Waals surface area contributed by atoms with Crippen LogP contribution in [0.5, 0.6) is 0 Å². The van der Waals surface area contributed by atoms with Crippen LogP contribution in [0.1, 0.15) is 5.56 Å². The van der Waals surface area contributed by atoms with Crippen molar-refractivity contribution < 1.29 is 0 Å². The smallest absolute Gasteiger partial charge is 0.299 e. The summed E-state index contributed by atoms with van der Waals surface area (Å²) in [5.41, 5.74) is 3.38. The molecule has 0 spiro atoms. The molecular weight excluding hydrogens is 356 g/mol. The summed E-state index contributed by atoms with van der Waals surface area (Å²) in [5.74, 6) is 0.336. The molecular formula is C17H17ClN6O2. The molecule has 2 heterocycles. The zero-order valence-corrected chi connectivity index (χ0v) is 15.1. The lowest BCUT2D eigenvalue weighted by molar-refractivity contribution is 0.703. The second kappa shape index (κ2) is 7.01. The van der Waals surface area contributed by atoms with Crippen molar-refractivity contribution in [2.75, 3.05) is 5.43 Å². The lowest BCUT2D eigenvalue weighted by Gasteiger charge is -2.06. The summed E-state index contributed by atoms with van der Waals surface area (Å²) in [6.45, 7) is 4.04. The summed E-state index contributed by atoms with van der Waals surface area (Å²) in [4.78, 5) is 29.0. The van der Waals surface area contributed by atoms with Gasteiger partial charge in [0.25, 0.3) is 5.56 Å². The minimum absolute atomic E-state index is 0.282. The summed E-state index contributed by atoms with van der Waals surface area (Å²) >= 11 is 5.86. The molecule has 26 heavy (non-hydrogen) atoms. The molecule has 0 atom stereocenters. The van der Waals surface area contributed by atoms with Crippen LogP contribution < -0.4 is 16.7 Å². The number of nitrogens with one attached hydrogen (secondary N) is 1. The van der Waals surface area contributed by atoms with E-state index in [1.165, 1.54) is 11.6 Å². The molecule has 0 radical (unpaired) electrons. The molecule has 0 unspecified atom stereocenters. The van der Waals surface area contributed by atoms with Gasteiger partial charge in [-0.1, -0.05) is 29.8 Å². The first-order chi connectivity index (χ1) is 12.4. The van der Waals surface area contributed by atoms with E-state index >= 15 is 0 Å². The largest absolute Gasteiger partial charge is 0.332 e. The number of aryl methyl sites for hydroxylation is 1. The van der Waals surface area contributed by atoms with E-state index in [-0.39, 0.29) is 5.65 Å². The first-order valence-corrected chi connectivity index (χ1v) is 8.13. The number of benzene rings is 1. The maximum absolute atomic E-state index is 12.5. The van der Waals surface area contributed by atoms with Gasteiger partial charge in [0.2, 0.25) is 5.95 Å². The third-order valence-electron chi connectivity index (χ3n) is 3.91. The lowest BCUT2D eigenvalue weighted by atomic mass is 10.2. The molecule has 0 aliphatic rings. The summed E-state index contributed by atoms with van der Waals surface area (Å²) < 4.78 is 4.00. The van der Waals surface area contributed by atoms with Gasteiger partial charge in [0.05, 0.1) is 6.21 Å². The molecule has 0 bridgehead atoms. The Hall–Kier alpha value is -3.13. The average molecular weight is 373 g/mol. The van der Waals surface area contributed by atoms with E-state index in [1.54, 1.807) is 36.0 Å². The standard InChI is InChI=1S/C17H17ClN6O2/c1-4-9-24-13-14(22(2)17(26)23(3)15(13)25)20-16(24)21-19-10-11-5-7-12(18)8-6-11/h4-8,10H,1,9H2,2-3H3,(H,20,21)/b19-10-. The molecule has 1 aromatic carbocycles. The van der Waals surface area contributed by atoms with E-state index in [4.69, 9.17) is 11.6 Å². The molecule has 8 nitrogen and oxygen atoms in total. The van der Waals surface area contributed by atoms with Crippen LogP contribution >= 0.6 is 11.6 Å². The molecule has 0 aliphatic heterocycles. The number of hydrogen-bond donors (Lipinski definition) is 1. The number of hydrogen-bond acceptors (Lipinski definition) is 5. The molecule has 134 valence electrons. The van der Waals surface area contributed by atoms with Gasteiger partial charge in [-0.3, -0.25) is 18.5 Å². The molecule has 0 saturated heterocycles. The van der Waals surface area contributed by atoms with Crippen LogP contribution in [0.2, 0.25) is 5.02 Å². The molecule has 2 aromatic heterocycles. The fourth-order valence-corrected chi connectivity index (χ4v) is 2.68. The molecule has 0 amide bonds. The monoisotopic (exact) mass is 372 g/mol. The summed E-state index contributed by atoms with van der Waals surface area (Å²) in [5, 5.41) is 4.79. The maximum atomic E-state index is 12.5. The Morgan fingerprint density at radius 3 is 2.58 bits per heavy atom. The van der Waals surface area contributed by atoms with E-state index in [9.17, 15) is 9.59 Å². The number of imidazole rings is 1. The van der Waals surface area contributed by atoms with Crippen molar-refractivity contribution in [1.29, 1.82) is 0 Å². The number of anilines is 1. The van der Waals surface area contributed by atoms with Gasteiger partial charge >= 0.3 is 5.69 Å². The van der Waals surface area contributed by atoms with Gasteiger partial charge in [-0.15, -0.1) is 6.58 Å². The highest BCUT2D eigenvalue weighted by Crippen LogP contribution is 2.15. The Morgan fingerprint density at radius 1 is 1.23 bits per heavy atom. The quantitative estimate of drug-likeness (QED) is 0.420. The predicted octanol–water partition coefficient (Wildman–Crippen LogP) is 1.72. The van der Waals surface area contributed by atoms with Crippen molar-refractivity contribution in [3.8, 4) is 0 Å². The lowest BCUT2D eigenvalue weighted by Crippen LogP contribution is -2.37. The van der Waals surface area contributed by atoms with Gasteiger partial charge in [0, 0.05) is 25.7 Å². The molecule has 3 aromatic rings. The van der Waals surface area contributed by atoms with Crippen LogP contribution in [0.3, 0.4) is 0 Å². The Kier molecular flexibility index (Phi) is 4.77. The zero-order valence-electron chi connectivity index (χ0n) is 14.3. The first-order valence-electron chi connectivity index (χ1n) is 7.76.